The van der Waals surface area contributed by atoms with Gasteiger partial charge in [-0.1, -0.05) is 30.3 Å². The van der Waals surface area contributed by atoms with Crippen molar-refractivity contribution in [2.75, 3.05) is 26.3 Å². The number of hydrogen-bond donors (Lipinski definition) is 1. The predicted molar refractivity (Wildman–Crippen MR) is 123 cm³/mol. The largest absolute Gasteiger partial charge is 0.486 e. The quantitative estimate of drug-likeness (QED) is 0.611. The normalized spacial score (nSPS) is 16.1. The number of amides is 2. The highest BCUT2D eigenvalue weighted by Crippen LogP contribution is 2.37. The Kier molecular flexibility index (Phi) is 5.81. The molecule has 7 heteroatoms. The molecule has 1 atom stereocenters. The lowest BCUT2D eigenvalue weighted by atomic mass is 10.1. The monoisotopic (exact) mass is 448 g/mol. The predicted octanol–water partition coefficient (Wildman–Crippen LogP) is 4.28. The van der Waals surface area contributed by atoms with Gasteiger partial charge in [0, 0.05) is 24.4 Å². The fourth-order valence-corrected chi connectivity index (χ4v) is 4.98. The van der Waals surface area contributed by atoms with Crippen molar-refractivity contribution in [1.29, 1.82) is 0 Å². The topological polar surface area (TPSA) is 67.9 Å². The first-order chi connectivity index (χ1) is 15.7. The molecule has 5 rings (SSSR count). The van der Waals surface area contributed by atoms with Gasteiger partial charge in [0.05, 0.1) is 10.9 Å². The van der Waals surface area contributed by atoms with Crippen molar-refractivity contribution in [3.05, 3.63) is 71.1 Å². The maximum atomic E-state index is 13.1. The molecule has 1 aromatic heterocycles. The van der Waals surface area contributed by atoms with Crippen molar-refractivity contribution in [2.45, 2.75) is 18.9 Å². The first-order valence-electron chi connectivity index (χ1n) is 10.8. The molecular weight excluding hydrogens is 424 g/mol. The molecule has 164 valence electrons. The number of carbonyl (C=O) groups is 2. The van der Waals surface area contributed by atoms with Crippen molar-refractivity contribution in [3.63, 3.8) is 0 Å². The molecule has 2 aliphatic heterocycles. The first-order valence-corrected chi connectivity index (χ1v) is 11.6. The van der Waals surface area contributed by atoms with Crippen LogP contribution in [0.3, 0.4) is 0 Å². The summed E-state index contributed by atoms with van der Waals surface area (Å²) in [6.07, 6.45) is 1.46. The van der Waals surface area contributed by atoms with Gasteiger partial charge in [-0.3, -0.25) is 9.59 Å². The summed E-state index contributed by atoms with van der Waals surface area (Å²) in [6.45, 7) is 2.32. The van der Waals surface area contributed by atoms with E-state index >= 15 is 0 Å². The molecular formula is C25H24N2O4S. The van der Waals surface area contributed by atoms with Crippen LogP contribution in [-0.2, 0) is 4.79 Å². The number of likely N-dealkylation sites (tertiary alicyclic amines) is 1. The van der Waals surface area contributed by atoms with E-state index in [1.54, 1.807) is 0 Å². The van der Waals surface area contributed by atoms with Crippen LogP contribution in [0.2, 0.25) is 0 Å². The molecule has 1 unspecified atom stereocenters. The molecule has 6 nitrogen and oxygen atoms in total. The van der Waals surface area contributed by atoms with Crippen LogP contribution in [0.5, 0.6) is 11.5 Å². The van der Waals surface area contributed by atoms with E-state index in [-0.39, 0.29) is 17.9 Å². The zero-order chi connectivity index (χ0) is 21.9. The Morgan fingerprint density at radius 1 is 1.03 bits per heavy atom. The molecule has 1 saturated heterocycles. The van der Waals surface area contributed by atoms with Gasteiger partial charge in [-0.25, -0.2) is 0 Å². The van der Waals surface area contributed by atoms with E-state index in [9.17, 15) is 9.59 Å². The number of fused-ring (bicyclic) bond motifs is 1. The lowest BCUT2D eigenvalue weighted by molar-refractivity contribution is -0.128. The van der Waals surface area contributed by atoms with Crippen LogP contribution in [0.15, 0.2) is 60.7 Å². The Hall–Kier alpha value is -3.32. The zero-order valence-electron chi connectivity index (χ0n) is 17.6. The van der Waals surface area contributed by atoms with Crippen LogP contribution in [0.4, 0.5) is 0 Å². The van der Waals surface area contributed by atoms with E-state index in [2.05, 4.69) is 5.32 Å². The van der Waals surface area contributed by atoms with Gasteiger partial charge in [0.25, 0.3) is 5.91 Å². The highest BCUT2D eigenvalue weighted by atomic mass is 32.1. The molecule has 32 heavy (non-hydrogen) atoms. The fraction of sp³-hybridized carbons (Fsp3) is 0.280. The van der Waals surface area contributed by atoms with Crippen LogP contribution in [0.25, 0.3) is 10.4 Å². The standard InChI is InChI=1S/C25H24N2O4S/c28-24-7-4-12-27(24)16-19(17-5-2-1-3-6-17)26-25(29)23-11-10-22(32-23)18-8-9-20-21(15-18)31-14-13-30-20/h1-3,5-6,8-11,15,19H,4,7,12-14,16H2,(H,26,29). The highest BCUT2D eigenvalue weighted by Gasteiger charge is 2.26. The minimum atomic E-state index is -0.259. The Bertz CT molecular complexity index is 1130. The number of carbonyl (C=O) groups excluding carboxylic acids is 2. The third kappa shape index (κ3) is 4.34. The molecule has 1 N–H and O–H groups in total. The van der Waals surface area contributed by atoms with E-state index in [1.165, 1.54) is 11.3 Å². The van der Waals surface area contributed by atoms with Crippen LogP contribution >= 0.6 is 11.3 Å². The molecule has 3 heterocycles. The fourth-order valence-electron chi connectivity index (χ4n) is 4.08. The molecule has 2 aliphatic rings. The second-order valence-corrected chi connectivity index (χ2v) is 8.99. The second kappa shape index (κ2) is 9.04. The van der Waals surface area contributed by atoms with Gasteiger partial charge in [0.15, 0.2) is 11.5 Å². The minimum Gasteiger partial charge on any atom is -0.486 e. The van der Waals surface area contributed by atoms with Gasteiger partial charge in [-0.15, -0.1) is 11.3 Å². The van der Waals surface area contributed by atoms with Crippen LogP contribution in [0.1, 0.15) is 34.1 Å². The number of nitrogens with zero attached hydrogens (tertiary/aromatic N) is 1. The van der Waals surface area contributed by atoms with Crippen LogP contribution < -0.4 is 14.8 Å². The minimum absolute atomic E-state index is 0.140. The molecule has 3 aromatic rings. The number of rotatable bonds is 6. The Morgan fingerprint density at radius 2 is 1.84 bits per heavy atom. The summed E-state index contributed by atoms with van der Waals surface area (Å²) in [6, 6.07) is 19.2. The SMILES string of the molecule is O=C(NC(CN1CCCC1=O)c1ccccc1)c1ccc(-c2ccc3c(c2)OCCO3)s1. The summed E-state index contributed by atoms with van der Waals surface area (Å²) >= 11 is 1.44. The van der Waals surface area contributed by atoms with Gasteiger partial charge in [0.1, 0.15) is 13.2 Å². The average Bonchev–Trinajstić information content (AvgIpc) is 3.48. The molecule has 0 saturated carbocycles. The third-order valence-electron chi connectivity index (χ3n) is 5.74. The van der Waals surface area contributed by atoms with Crippen LogP contribution in [-0.4, -0.2) is 43.0 Å². The first kappa shape index (κ1) is 20.6. The van der Waals surface area contributed by atoms with Gasteiger partial charge >= 0.3 is 0 Å². The molecule has 2 aromatic carbocycles. The summed E-state index contributed by atoms with van der Waals surface area (Å²) in [4.78, 5) is 28.7. The van der Waals surface area contributed by atoms with Crippen molar-refractivity contribution in [1.82, 2.24) is 10.2 Å². The van der Waals surface area contributed by atoms with Crippen molar-refractivity contribution in [3.8, 4) is 21.9 Å². The maximum absolute atomic E-state index is 13.1. The van der Waals surface area contributed by atoms with E-state index < -0.39 is 0 Å². The number of hydrogen-bond acceptors (Lipinski definition) is 5. The smallest absolute Gasteiger partial charge is 0.261 e. The number of nitrogens with one attached hydrogen (secondary N) is 1. The summed E-state index contributed by atoms with van der Waals surface area (Å²) in [5.74, 6) is 1.49. The van der Waals surface area contributed by atoms with Crippen molar-refractivity contribution >= 4 is 23.2 Å². The Labute approximate surface area is 190 Å². The summed E-state index contributed by atoms with van der Waals surface area (Å²) < 4.78 is 11.3. The molecule has 0 radical (unpaired) electrons. The molecule has 1 fully saturated rings. The number of benzene rings is 2. The van der Waals surface area contributed by atoms with E-state index in [0.717, 1.165) is 40.5 Å². The highest BCUT2D eigenvalue weighted by molar-refractivity contribution is 7.17. The summed E-state index contributed by atoms with van der Waals surface area (Å²) in [5.41, 5.74) is 1.98. The molecule has 0 spiro atoms. The zero-order valence-corrected chi connectivity index (χ0v) is 18.4. The van der Waals surface area contributed by atoms with Gasteiger partial charge in [-0.2, -0.15) is 0 Å². The summed E-state index contributed by atoms with van der Waals surface area (Å²) in [5, 5.41) is 3.14. The van der Waals surface area contributed by atoms with Crippen molar-refractivity contribution in [2.24, 2.45) is 0 Å². The van der Waals surface area contributed by atoms with Gasteiger partial charge < -0.3 is 19.7 Å². The number of ether oxygens (including phenoxy) is 2. The number of thiophene rings is 1. The molecule has 0 bridgehead atoms. The average molecular weight is 449 g/mol. The van der Waals surface area contributed by atoms with E-state index in [0.29, 0.717) is 31.1 Å². The van der Waals surface area contributed by atoms with Crippen molar-refractivity contribution < 1.29 is 19.1 Å². The van der Waals surface area contributed by atoms with Gasteiger partial charge in [-0.05, 0) is 47.9 Å². The lowest BCUT2D eigenvalue weighted by Gasteiger charge is -2.25. The van der Waals surface area contributed by atoms with Gasteiger partial charge in [0.2, 0.25) is 5.91 Å². The van der Waals surface area contributed by atoms with Crippen LogP contribution in [0, 0.1) is 0 Å². The lowest BCUT2D eigenvalue weighted by Crippen LogP contribution is -2.38. The second-order valence-electron chi connectivity index (χ2n) is 7.90. The Balaban J connectivity index is 1.34. The third-order valence-corrected chi connectivity index (χ3v) is 6.87. The maximum Gasteiger partial charge on any atom is 0.261 e. The molecule has 2 amide bonds. The summed E-state index contributed by atoms with van der Waals surface area (Å²) in [7, 11) is 0. The van der Waals surface area contributed by atoms with E-state index in [4.69, 9.17) is 9.47 Å². The van der Waals surface area contributed by atoms with E-state index in [1.807, 2.05) is 65.6 Å². The Morgan fingerprint density at radius 3 is 2.62 bits per heavy atom. The molecule has 0 aliphatic carbocycles.